The van der Waals surface area contributed by atoms with Crippen LogP contribution in [0.15, 0.2) is 12.3 Å². The molecule has 1 heterocycles. The van der Waals surface area contributed by atoms with Gasteiger partial charge in [0, 0.05) is 25.2 Å². The van der Waals surface area contributed by atoms with Crippen molar-refractivity contribution in [3.8, 4) is 5.88 Å². The fraction of sp³-hybridized carbons (Fsp3) is 0.500. The number of nitrogens with zero attached hydrogens (tertiary/aromatic N) is 1. The van der Waals surface area contributed by atoms with Crippen LogP contribution in [0.2, 0.25) is 0 Å². The lowest BCUT2D eigenvalue weighted by Gasteiger charge is -2.13. The first-order chi connectivity index (χ1) is 6.92. The van der Waals surface area contributed by atoms with Crippen molar-refractivity contribution in [1.82, 2.24) is 4.98 Å². The largest absolute Gasteiger partial charge is 0.471 e. The second-order valence-electron chi connectivity index (χ2n) is 3.53. The molecule has 0 saturated carbocycles. The van der Waals surface area contributed by atoms with Gasteiger partial charge in [-0.05, 0) is 18.6 Å². The number of pyridine rings is 1. The molecule has 1 rings (SSSR count). The summed E-state index contributed by atoms with van der Waals surface area (Å²) >= 11 is 0. The summed E-state index contributed by atoms with van der Waals surface area (Å²) < 4.78 is 29.9. The minimum Gasteiger partial charge on any atom is -0.471 e. The van der Waals surface area contributed by atoms with Crippen LogP contribution in [0.5, 0.6) is 5.88 Å². The summed E-state index contributed by atoms with van der Waals surface area (Å²) in [6, 6.07) is 1.77. The molecule has 15 heavy (non-hydrogen) atoms. The highest BCUT2D eigenvalue weighted by atomic mass is 19.3. The molecule has 0 aliphatic heterocycles. The molecule has 0 amide bonds. The Morgan fingerprint density at radius 3 is 2.67 bits per heavy atom. The van der Waals surface area contributed by atoms with E-state index in [1.54, 1.807) is 13.0 Å². The Morgan fingerprint density at radius 1 is 1.53 bits per heavy atom. The highest BCUT2D eigenvalue weighted by molar-refractivity contribution is 5.28. The van der Waals surface area contributed by atoms with Crippen molar-refractivity contribution in [3.05, 3.63) is 23.4 Å². The van der Waals surface area contributed by atoms with Crippen molar-refractivity contribution < 1.29 is 13.5 Å². The van der Waals surface area contributed by atoms with E-state index < -0.39 is 12.5 Å². The zero-order valence-electron chi connectivity index (χ0n) is 8.76. The van der Waals surface area contributed by atoms with Gasteiger partial charge in [-0.1, -0.05) is 0 Å². The van der Waals surface area contributed by atoms with Crippen molar-refractivity contribution in [3.63, 3.8) is 0 Å². The van der Waals surface area contributed by atoms with Gasteiger partial charge in [0.05, 0.1) is 0 Å². The first kappa shape index (κ1) is 11.8. The molecule has 0 unspecified atom stereocenters. The van der Waals surface area contributed by atoms with E-state index in [1.807, 2.05) is 0 Å². The van der Waals surface area contributed by atoms with Gasteiger partial charge in [0.1, 0.15) is 0 Å². The lowest BCUT2D eigenvalue weighted by Crippen LogP contribution is -2.21. The summed E-state index contributed by atoms with van der Waals surface area (Å²) in [5.74, 6) is -2.62. The van der Waals surface area contributed by atoms with E-state index in [-0.39, 0.29) is 5.88 Å². The minimum absolute atomic E-state index is 0.230. The zero-order valence-corrected chi connectivity index (χ0v) is 8.76. The van der Waals surface area contributed by atoms with Crippen LogP contribution >= 0.6 is 0 Å². The van der Waals surface area contributed by atoms with Gasteiger partial charge >= 0.3 is 0 Å². The maximum absolute atomic E-state index is 12.5. The number of halogens is 2. The molecule has 0 aliphatic carbocycles. The fourth-order valence-corrected chi connectivity index (χ4v) is 1.08. The summed E-state index contributed by atoms with van der Waals surface area (Å²) in [6.07, 6.45) is 1.52. The van der Waals surface area contributed by atoms with Crippen LogP contribution in [0.25, 0.3) is 0 Å². The van der Waals surface area contributed by atoms with E-state index >= 15 is 0 Å². The molecule has 84 valence electrons. The third-order valence-electron chi connectivity index (χ3n) is 1.78. The Balaban J connectivity index is 2.70. The molecule has 0 bridgehead atoms. The predicted octanol–water partition coefficient (Wildman–Crippen LogP) is 1.88. The molecule has 0 atom stereocenters. The van der Waals surface area contributed by atoms with E-state index in [9.17, 15) is 8.78 Å². The third kappa shape index (κ3) is 3.79. The third-order valence-corrected chi connectivity index (χ3v) is 1.78. The van der Waals surface area contributed by atoms with Crippen molar-refractivity contribution >= 4 is 0 Å². The topological polar surface area (TPSA) is 48.1 Å². The second kappa shape index (κ2) is 4.53. The Hall–Kier alpha value is -1.23. The number of rotatable bonds is 4. The normalized spacial score (nSPS) is 11.5. The van der Waals surface area contributed by atoms with Crippen molar-refractivity contribution in [2.45, 2.75) is 26.3 Å². The lowest BCUT2D eigenvalue weighted by molar-refractivity contribution is -0.0244. The molecule has 1 aromatic rings. The van der Waals surface area contributed by atoms with Crippen LogP contribution in [0.4, 0.5) is 8.78 Å². The van der Waals surface area contributed by atoms with E-state index in [4.69, 9.17) is 10.5 Å². The molecule has 2 N–H and O–H groups in total. The number of aryl methyl sites for hydroxylation is 1. The number of hydrogen-bond donors (Lipinski definition) is 1. The molecule has 1 aromatic heterocycles. The zero-order chi connectivity index (χ0) is 11.5. The maximum Gasteiger partial charge on any atom is 0.278 e. The van der Waals surface area contributed by atoms with Crippen LogP contribution < -0.4 is 10.5 Å². The summed E-state index contributed by atoms with van der Waals surface area (Å²) in [5.41, 5.74) is 6.97. The second-order valence-corrected chi connectivity index (χ2v) is 3.53. The van der Waals surface area contributed by atoms with Crippen LogP contribution in [0.1, 0.15) is 18.1 Å². The monoisotopic (exact) mass is 216 g/mol. The van der Waals surface area contributed by atoms with E-state index in [2.05, 4.69) is 4.98 Å². The molecular weight excluding hydrogens is 202 g/mol. The molecule has 0 aliphatic rings. The van der Waals surface area contributed by atoms with Gasteiger partial charge in [-0.3, -0.25) is 0 Å². The Labute approximate surface area is 87.3 Å². The quantitative estimate of drug-likeness (QED) is 0.836. The van der Waals surface area contributed by atoms with Gasteiger partial charge < -0.3 is 10.5 Å². The van der Waals surface area contributed by atoms with Crippen molar-refractivity contribution in [2.75, 3.05) is 6.61 Å². The van der Waals surface area contributed by atoms with Gasteiger partial charge in [-0.15, -0.1) is 0 Å². The standard InChI is InChI=1S/C10H14F2N2O/c1-7-3-8(4-13)5-14-9(7)15-6-10(2,11)12/h3,5H,4,6,13H2,1-2H3. The Bertz CT molecular complexity index is 337. The van der Waals surface area contributed by atoms with Crippen LogP contribution in [0.3, 0.4) is 0 Å². The number of ether oxygens (including phenoxy) is 1. The molecule has 5 heteroatoms. The molecular formula is C10H14F2N2O. The first-order valence-electron chi connectivity index (χ1n) is 4.58. The molecule has 0 radical (unpaired) electrons. The summed E-state index contributed by atoms with van der Waals surface area (Å²) in [5, 5.41) is 0. The number of nitrogens with two attached hydrogens (primary N) is 1. The predicted molar refractivity (Wildman–Crippen MR) is 53.0 cm³/mol. The van der Waals surface area contributed by atoms with Gasteiger partial charge in [-0.25, -0.2) is 13.8 Å². The molecule has 0 spiro atoms. The first-order valence-corrected chi connectivity index (χ1v) is 4.58. The highest BCUT2D eigenvalue weighted by Crippen LogP contribution is 2.18. The summed E-state index contributed by atoms with van der Waals surface area (Å²) in [4.78, 5) is 3.92. The van der Waals surface area contributed by atoms with E-state index in [1.165, 1.54) is 6.20 Å². The number of alkyl halides is 2. The average Bonchev–Trinajstić information content (AvgIpc) is 2.14. The van der Waals surface area contributed by atoms with Gasteiger partial charge in [-0.2, -0.15) is 0 Å². The summed E-state index contributed by atoms with van der Waals surface area (Å²) in [6.45, 7) is 2.26. The van der Waals surface area contributed by atoms with Gasteiger partial charge in [0.25, 0.3) is 5.92 Å². The van der Waals surface area contributed by atoms with Gasteiger partial charge in [0.15, 0.2) is 6.61 Å². The number of hydrogen-bond acceptors (Lipinski definition) is 3. The molecule has 0 aromatic carbocycles. The fourth-order valence-electron chi connectivity index (χ4n) is 1.08. The van der Waals surface area contributed by atoms with Crippen molar-refractivity contribution in [2.24, 2.45) is 5.73 Å². The highest BCUT2D eigenvalue weighted by Gasteiger charge is 2.22. The Kier molecular flexibility index (Phi) is 3.57. The number of aromatic nitrogens is 1. The van der Waals surface area contributed by atoms with E-state index in [0.29, 0.717) is 12.1 Å². The Morgan fingerprint density at radius 2 is 2.20 bits per heavy atom. The summed E-state index contributed by atoms with van der Waals surface area (Å²) in [7, 11) is 0. The molecule has 0 fully saturated rings. The molecule has 0 saturated heterocycles. The van der Waals surface area contributed by atoms with Crippen molar-refractivity contribution in [1.29, 1.82) is 0 Å². The minimum atomic E-state index is -2.85. The maximum atomic E-state index is 12.5. The van der Waals surface area contributed by atoms with Crippen LogP contribution in [0, 0.1) is 6.92 Å². The van der Waals surface area contributed by atoms with E-state index in [0.717, 1.165) is 12.5 Å². The smallest absolute Gasteiger partial charge is 0.278 e. The van der Waals surface area contributed by atoms with Crippen LogP contribution in [-0.4, -0.2) is 17.5 Å². The lowest BCUT2D eigenvalue weighted by atomic mass is 10.2. The SMILES string of the molecule is Cc1cc(CN)cnc1OCC(C)(F)F. The molecule has 3 nitrogen and oxygen atoms in total. The average molecular weight is 216 g/mol. The van der Waals surface area contributed by atoms with Gasteiger partial charge in [0.2, 0.25) is 5.88 Å². The van der Waals surface area contributed by atoms with Crippen LogP contribution in [-0.2, 0) is 6.54 Å².